The Kier molecular flexibility index (Phi) is 3.91. The number of hydrogen-bond donors (Lipinski definition) is 2. The van der Waals surface area contributed by atoms with Crippen LogP contribution in [-0.2, 0) is 10.0 Å². The molecule has 0 saturated carbocycles. The van der Waals surface area contributed by atoms with Gasteiger partial charge >= 0.3 is 0 Å². The fraction of sp³-hybridized carbons (Fsp3) is 0.273. The van der Waals surface area contributed by atoms with Crippen LogP contribution in [0.1, 0.15) is 13.8 Å². The van der Waals surface area contributed by atoms with E-state index in [1.54, 1.807) is 0 Å². The molecule has 18 heavy (non-hydrogen) atoms. The van der Waals surface area contributed by atoms with Gasteiger partial charge in [-0.2, -0.15) is 4.72 Å². The Morgan fingerprint density at radius 1 is 1.50 bits per heavy atom. The topological polar surface area (TPSA) is 72.2 Å². The molecule has 0 aliphatic rings. The lowest BCUT2D eigenvalue weighted by molar-refractivity contribution is 0.527. The Morgan fingerprint density at radius 3 is 2.56 bits per heavy atom. The Balaban J connectivity index is 3.35. The van der Waals surface area contributed by atoms with Crippen LogP contribution in [0.2, 0.25) is 5.02 Å². The van der Waals surface area contributed by atoms with Gasteiger partial charge in [0.1, 0.15) is 4.90 Å². The highest BCUT2D eigenvalue weighted by Crippen LogP contribution is 2.26. The number of nitrogen functional groups attached to an aromatic ring is 1. The maximum absolute atomic E-state index is 13.7. The van der Waals surface area contributed by atoms with Crippen molar-refractivity contribution < 1.29 is 12.8 Å². The molecule has 0 heterocycles. The molecule has 1 aromatic rings. The summed E-state index contributed by atoms with van der Waals surface area (Å²) in [6.45, 7) is 2.94. The highest BCUT2D eigenvalue weighted by atomic mass is 35.5. The number of nitrogens with one attached hydrogen (secondary N) is 1. The summed E-state index contributed by atoms with van der Waals surface area (Å²) in [4.78, 5) is -0.629. The van der Waals surface area contributed by atoms with E-state index in [9.17, 15) is 12.8 Å². The molecule has 0 aromatic heterocycles. The molecule has 0 radical (unpaired) electrons. The third-order valence-corrected chi connectivity index (χ3v) is 3.99. The van der Waals surface area contributed by atoms with Gasteiger partial charge in [0.15, 0.2) is 5.82 Å². The lowest BCUT2D eigenvalue weighted by Crippen LogP contribution is -2.42. The zero-order valence-corrected chi connectivity index (χ0v) is 11.4. The van der Waals surface area contributed by atoms with Crippen molar-refractivity contribution in [1.82, 2.24) is 4.72 Å². The number of terminal acetylenes is 1. The monoisotopic (exact) mass is 290 g/mol. The van der Waals surface area contributed by atoms with Crippen LogP contribution >= 0.6 is 11.6 Å². The van der Waals surface area contributed by atoms with Crippen molar-refractivity contribution in [2.75, 3.05) is 5.73 Å². The molecule has 0 fully saturated rings. The van der Waals surface area contributed by atoms with Gasteiger partial charge in [-0.3, -0.25) is 0 Å². The average molecular weight is 291 g/mol. The van der Waals surface area contributed by atoms with Gasteiger partial charge in [0, 0.05) is 5.69 Å². The fourth-order valence-electron chi connectivity index (χ4n) is 1.20. The van der Waals surface area contributed by atoms with Gasteiger partial charge in [-0.15, -0.1) is 6.42 Å². The molecule has 0 aliphatic carbocycles. The van der Waals surface area contributed by atoms with Crippen LogP contribution in [0.15, 0.2) is 17.0 Å². The van der Waals surface area contributed by atoms with Crippen LogP contribution in [0.5, 0.6) is 0 Å². The molecule has 1 aromatic carbocycles. The standard InChI is InChI=1S/C11H12ClFN2O2S/c1-4-11(2,3)15-18(16,17)9-6-7(14)5-8(12)10(9)13/h1,5-6,15H,14H2,2-3H3. The van der Waals surface area contributed by atoms with E-state index in [4.69, 9.17) is 23.8 Å². The van der Waals surface area contributed by atoms with E-state index >= 15 is 0 Å². The molecule has 0 bridgehead atoms. The molecular weight excluding hydrogens is 279 g/mol. The minimum atomic E-state index is -4.14. The molecule has 0 unspecified atom stereocenters. The maximum atomic E-state index is 13.7. The second kappa shape index (κ2) is 4.76. The predicted octanol–water partition coefficient (Wildman–Crippen LogP) is 1.75. The quantitative estimate of drug-likeness (QED) is 0.658. The molecule has 3 N–H and O–H groups in total. The molecule has 0 amide bonds. The van der Waals surface area contributed by atoms with Crippen molar-refractivity contribution in [2.24, 2.45) is 0 Å². The summed E-state index contributed by atoms with van der Waals surface area (Å²) in [5, 5.41) is -0.367. The van der Waals surface area contributed by atoms with Crippen molar-refractivity contribution in [3.8, 4) is 12.3 Å². The fourth-order valence-corrected chi connectivity index (χ4v) is 2.96. The van der Waals surface area contributed by atoms with E-state index in [1.807, 2.05) is 0 Å². The second-order valence-electron chi connectivity index (χ2n) is 4.19. The van der Waals surface area contributed by atoms with Gasteiger partial charge in [0.2, 0.25) is 10.0 Å². The van der Waals surface area contributed by atoms with Crippen LogP contribution in [0.3, 0.4) is 0 Å². The Labute approximate surface area is 110 Å². The van der Waals surface area contributed by atoms with E-state index in [2.05, 4.69) is 10.6 Å². The van der Waals surface area contributed by atoms with Gasteiger partial charge < -0.3 is 5.73 Å². The van der Waals surface area contributed by atoms with Crippen molar-refractivity contribution in [1.29, 1.82) is 0 Å². The van der Waals surface area contributed by atoms with E-state index < -0.39 is 26.3 Å². The van der Waals surface area contributed by atoms with E-state index in [0.717, 1.165) is 12.1 Å². The van der Waals surface area contributed by atoms with Crippen molar-refractivity contribution in [3.05, 3.63) is 23.0 Å². The second-order valence-corrected chi connectivity index (χ2v) is 6.25. The summed E-state index contributed by atoms with van der Waals surface area (Å²) in [6.07, 6.45) is 5.17. The van der Waals surface area contributed by atoms with Crippen molar-refractivity contribution >= 4 is 27.3 Å². The molecular formula is C11H12ClFN2O2S. The summed E-state index contributed by atoms with van der Waals surface area (Å²) in [5.41, 5.74) is 4.33. The first kappa shape index (κ1) is 14.8. The van der Waals surface area contributed by atoms with E-state index in [0.29, 0.717) is 0 Å². The minimum absolute atomic E-state index is 0.0419. The van der Waals surface area contributed by atoms with Crippen LogP contribution in [0.25, 0.3) is 0 Å². The van der Waals surface area contributed by atoms with Crippen LogP contribution in [-0.4, -0.2) is 14.0 Å². The van der Waals surface area contributed by atoms with Crippen LogP contribution < -0.4 is 10.5 Å². The molecule has 0 aliphatic heterocycles. The highest BCUT2D eigenvalue weighted by Gasteiger charge is 2.28. The van der Waals surface area contributed by atoms with Gasteiger partial charge in [-0.1, -0.05) is 17.5 Å². The van der Waals surface area contributed by atoms with E-state index in [-0.39, 0.29) is 10.7 Å². The number of nitrogens with two attached hydrogens (primary N) is 1. The predicted molar refractivity (Wildman–Crippen MR) is 69.1 cm³/mol. The van der Waals surface area contributed by atoms with Gasteiger partial charge in [-0.05, 0) is 26.0 Å². The first-order valence-corrected chi connectivity index (χ1v) is 6.71. The molecule has 98 valence electrons. The van der Waals surface area contributed by atoms with Crippen molar-refractivity contribution in [2.45, 2.75) is 24.3 Å². The molecule has 4 nitrogen and oxygen atoms in total. The first-order valence-electron chi connectivity index (χ1n) is 4.85. The van der Waals surface area contributed by atoms with E-state index in [1.165, 1.54) is 13.8 Å². The zero-order chi connectivity index (χ0) is 14.1. The third-order valence-electron chi connectivity index (χ3n) is 2.06. The van der Waals surface area contributed by atoms with Crippen molar-refractivity contribution in [3.63, 3.8) is 0 Å². The average Bonchev–Trinajstić information content (AvgIpc) is 2.21. The number of sulfonamides is 1. The SMILES string of the molecule is C#CC(C)(C)NS(=O)(=O)c1cc(N)cc(Cl)c1F. The molecule has 0 spiro atoms. The van der Waals surface area contributed by atoms with Gasteiger partial charge in [0.25, 0.3) is 0 Å². The number of benzene rings is 1. The van der Waals surface area contributed by atoms with Crippen LogP contribution in [0.4, 0.5) is 10.1 Å². The molecule has 1 rings (SSSR count). The molecule has 7 heteroatoms. The molecule has 0 atom stereocenters. The Hall–Kier alpha value is -1.29. The number of halogens is 2. The van der Waals surface area contributed by atoms with Crippen LogP contribution in [0, 0.1) is 18.2 Å². The summed E-state index contributed by atoms with van der Waals surface area (Å²) >= 11 is 5.54. The lowest BCUT2D eigenvalue weighted by Gasteiger charge is -2.20. The Morgan fingerprint density at radius 2 is 2.06 bits per heavy atom. The summed E-state index contributed by atoms with van der Waals surface area (Å²) in [6, 6.07) is 2.11. The highest BCUT2D eigenvalue weighted by molar-refractivity contribution is 7.89. The zero-order valence-electron chi connectivity index (χ0n) is 9.79. The number of anilines is 1. The Bertz CT molecular complexity index is 621. The summed E-state index contributed by atoms with van der Waals surface area (Å²) in [5.74, 6) is 1.18. The minimum Gasteiger partial charge on any atom is -0.399 e. The largest absolute Gasteiger partial charge is 0.399 e. The van der Waals surface area contributed by atoms with Gasteiger partial charge in [-0.25, -0.2) is 12.8 Å². The number of rotatable bonds is 3. The smallest absolute Gasteiger partial charge is 0.244 e. The summed E-state index contributed by atoms with van der Waals surface area (Å²) < 4.78 is 39.8. The lowest BCUT2D eigenvalue weighted by atomic mass is 10.1. The normalized spacial score (nSPS) is 12.2. The number of hydrogen-bond acceptors (Lipinski definition) is 3. The first-order chi connectivity index (χ1) is 8.09. The summed E-state index contributed by atoms with van der Waals surface area (Å²) in [7, 11) is -4.14. The third kappa shape index (κ3) is 3.13. The molecule has 0 saturated heterocycles. The van der Waals surface area contributed by atoms with Gasteiger partial charge in [0.05, 0.1) is 10.6 Å². The maximum Gasteiger partial charge on any atom is 0.244 e.